The van der Waals surface area contributed by atoms with Gasteiger partial charge in [-0.15, -0.1) is 0 Å². The van der Waals surface area contributed by atoms with Crippen molar-refractivity contribution in [3.63, 3.8) is 0 Å². The molecule has 1 aliphatic heterocycles. The summed E-state index contributed by atoms with van der Waals surface area (Å²) in [4.78, 5) is 60.5. The Morgan fingerprint density at radius 3 is 1.97 bits per heavy atom. The van der Waals surface area contributed by atoms with Gasteiger partial charge in [0.05, 0.1) is 11.3 Å². The number of nitrogens with zero attached hydrogens (tertiary/aromatic N) is 1. The number of carbonyl (C=O) groups is 5. The maximum absolute atomic E-state index is 12.3. The maximum atomic E-state index is 12.3. The van der Waals surface area contributed by atoms with Gasteiger partial charge >= 0.3 is 5.97 Å². The highest BCUT2D eigenvalue weighted by atomic mass is 16.5. The van der Waals surface area contributed by atoms with Gasteiger partial charge in [-0.05, 0) is 62.4 Å². The Labute approximate surface area is 172 Å². The lowest BCUT2D eigenvalue weighted by atomic mass is 10.1. The van der Waals surface area contributed by atoms with Crippen LogP contribution in [-0.4, -0.2) is 35.6 Å². The van der Waals surface area contributed by atoms with Crippen molar-refractivity contribution >= 4 is 40.8 Å². The van der Waals surface area contributed by atoms with Gasteiger partial charge in [0.25, 0.3) is 5.91 Å². The first kappa shape index (κ1) is 20.9. The average molecular weight is 408 g/mol. The second kappa shape index (κ2) is 8.69. The lowest BCUT2D eigenvalue weighted by Crippen LogP contribution is -2.30. The van der Waals surface area contributed by atoms with Crippen molar-refractivity contribution in [2.45, 2.75) is 32.8 Å². The van der Waals surface area contributed by atoms with Crippen LogP contribution in [-0.2, 0) is 19.1 Å². The van der Waals surface area contributed by atoms with E-state index < -0.39 is 18.0 Å². The molecule has 1 atom stereocenters. The normalized spacial score (nSPS) is 14.4. The van der Waals surface area contributed by atoms with Crippen LogP contribution < -0.4 is 10.2 Å². The van der Waals surface area contributed by atoms with Gasteiger partial charge in [0.15, 0.2) is 11.9 Å². The molecule has 1 heterocycles. The Hall–Kier alpha value is -3.81. The van der Waals surface area contributed by atoms with Crippen LogP contribution >= 0.6 is 0 Å². The summed E-state index contributed by atoms with van der Waals surface area (Å²) in [5.41, 5.74) is 1.56. The van der Waals surface area contributed by atoms with E-state index in [1.54, 1.807) is 24.3 Å². The van der Waals surface area contributed by atoms with Crippen LogP contribution in [0.2, 0.25) is 0 Å². The number of hydrogen-bond donors (Lipinski definition) is 1. The van der Waals surface area contributed by atoms with Gasteiger partial charge < -0.3 is 10.1 Å². The SMILES string of the molecule is CC(=O)c1ccc(NC(=O)[C@H](C)OC(=O)c2ccc(N3C(=O)CCC3=O)cc2)cc1. The zero-order valence-corrected chi connectivity index (χ0v) is 16.5. The molecule has 30 heavy (non-hydrogen) atoms. The van der Waals surface area contributed by atoms with E-state index in [0.29, 0.717) is 16.9 Å². The van der Waals surface area contributed by atoms with Crippen LogP contribution in [0.3, 0.4) is 0 Å². The van der Waals surface area contributed by atoms with Gasteiger partial charge in [0.1, 0.15) is 0 Å². The van der Waals surface area contributed by atoms with E-state index >= 15 is 0 Å². The molecule has 2 aromatic rings. The first-order valence-corrected chi connectivity index (χ1v) is 9.35. The Kier molecular flexibility index (Phi) is 6.06. The molecule has 0 bridgehead atoms. The van der Waals surface area contributed by atoms with E-state index in [9.17, 15) is 24.0 Å². The summed E-state index contributed by atoms with van der Waals surface area (Å²) in [5.74, 6) is -1.88. The third-order valence-corrected chi connectivity index (χ3v) is 4.62. The standard InChI is InChI=1S/C22H20N2O6/c1-13(25)15-3-7-17(8-4-15)23-21(28)14(2)30-22(29)16-5-9-18(10-6-16)24-19(26)11-12-20(24)27/h3-10,14H,11-12H2,1-2H3,(H,23,28)/t14-/m0/s1. The number of ketones is 1. The largest absolute Gasteiger partial charge is 0.449 e. The summed E-state index contributed by atoms with van der Waals surface area (Å²) < 4.78 is 5.19. The second-order valence-electron chi connectivity index (χ2n) is 6.84. The van der Waals surface area contributed by atoms with E-state index in [1.165, 1.54) is 38.1 Å². The molecule has 0 saturated carbocycles. The molecule has 1 saturated heterocycles. The van der Waals surface area contributed by atoms with E-state index in [2.05, 4.69) is 5.32 Å². The van der Waals surface area contributed by atoms with Crippen molar-refractivity contribution in [1.29, 1.82) is 0 Å². The Morgan fingerprint density at radius 2 is 1.43 bits per heavy atom. The van der Waals surface area contributed by atoms with E-state index in [-0.39, 0.29) is 36.0 Å². The van der Waals surface area contributed by atoms with Gasteiger partial charge in [0, 0.05) is 24.1 Å². The fourth-order valence-electron chi connectivity index (χ4n) is 2.93. The second-order valence-corrected chi connectivity index (χ2v) is 6.84. The molecule has 2 aromatic carbocycles. The molecule has 8 heteroatoms. The summed E-state index contributed by atoms with van der Waals surface area (Å²) in [7, 11) is 0. The van der Waals surface area contributed by atoms with Crippen molar-refractivity contribution in [3.05, 3.63) is 59.7 Å². The molecule has 1 fully saturated rings. The number of benzene rings is 2. The molecule has 0 aliphatic carbocycles. The van der Waals surface area contributed by atoms with Crippen molar-refractivity contribution in [1.82, 2.24) is 0 Å². The molecule has 3 rings (SSSR count). The van der Waals surface area contributed by atoms with Crippen LogP contribution in [0.1, 0.15) is 47.4 Å². The number of nitrogens with one attached hydrogen (secondary N) is 1. The van der Waals surface area contributed by atoms with Gasteiger partial charge in [-0.1, -0.05) is 0 Å². The highest BCUT2D eigenvalue weighted by Crippen LogP contribution is 2.23. The predicted molar refractivity (Wildman–Crippen MR) is 108 cm³/mol. The van der Waals surface area contributed by atoms with Crippen LogP contribution in [0, 0.1) is 0 Å². The number of carbonyl (C=O) groups excluding carboxylic acids is 5. The molecule has 1 N–H and O–H groups in total. The molecule has 1 aliphatic rings. The van der Waals surface area contributed by atoms with E-state index in [4.69, 9.17) is 4.74 Å². The molecule has 0 spiro atoms. The van der Waals surface area contributed by atoms with Crippen molar-refractivity contribution in [3.8, 4) is 0 Å². The first-order chi connectivity index (χ1) is 14.3. The smallest absolute Gasteiger partial charge is 0.338 e. The minimum Gasteiger partial charge on any atom is -0.449 e. The minimum atomic E-state index is -1.06. The molecule has 0 radical (unpaired) electrons. The molecular weight excluding hydrogens is 388 g/mol. The highest BCUT2D eigenvalue weighted by Gasteiger charge is 2.30. The maximum Gasteiger partial charge on any atom is 0.338 e. The Balaban J connectivity index is 1.59. The topological polar surface area (TPSA) is 110 Å². The quantitative estimate of drug-likeness (QED) is 0.447. The van der Waals surface area contributed by atoms with Gasteiger partial charge in [-0.3, -0.25) is 24.1 Å². The number of Topliss-reactive ketones (excluding diaryl/α,β-unsaturated/α-hetero) is 1. The lowest BCUT2D eigenvalue weighted by Gasteiger charge is -2.15. The van der Waals surface area contributed by atoms with Gasteiger partial charge in [-0.2, -0.15) is 0 Å². The average Bonchev–Trinajstić information content (AvgIpc) is 3.06. The van der Waals surface area contributed by atoms with E-state index in [1.807, 2.05) is 0 Å². The first-order valence-electron chi connectivity index (χ1n) is 9.35. The summed E-state index contributed by atoms with van der Waals surface area (Å²) in [6.45, 7) is 2.88. The zero-order chi connectivity index (χ0) is 21.8. The number of hydrogen-bond acceptors (Lipinski definition) is 6. The minimum absolute atomic E-state index is 0.0837. The van der Waals surface area contributed by atoms with Crippen LogP contribution in [0.15, 0.2) is 48.5 Å². The third-order valence-electron chi connectivity index (χ3n) is 4.62. The zero-order valence-electron chi connectivity index (χ0n) is 16.5. The van der Waals surface area contributed by atoms with Crippen molar-refractivity contribution in [2.24, 2.45) is 0 Å². The fraction of sp³-hybridized carbons (Fsp3) is 0.227. The summed E-state index contributed by atoms with van der Waals surface area (Å²) in [5, 5.41) is 2.61. The Bertz CT molecular complexity index is 995. The molecular formula is C22H20N2O6. The number of anilines is 2. The number of ether oxygens (including phenoxy) is 1. The summed E-state index contributed by atoms with van der Waals surface area (Å²) in [6.07, 6.45) is -0.717. The van der Waals surface area contributed by atoms with Crippen LogP contribution in [0.25, 0.3) is 0 Å². The monoisotopic (exact) mass is 408 g/mol. The summed E-state index contributed by atoms with van der Waals surface area (Å²) >= 11 is 0. The number of imide groups is 1. The number of esters is 1. The van der Waals surface area contributed by atoms with Crippen molar-refractivity contribution < 1.29 is 28.7 Å². The fourth-order valence-corrected chi connectivity index (χ4v) is 2.93. The number of rotatable bonds is 6. The molecule has 154 valence electrons. The van der Waals surface area contributed by atoms with E-state index in [0.717, 1.165) is 4.90 Å². The van der Waals surface area contributed by atoms with Crippen molar-refractivity contribution in [2.75, 3.05) is 10.2 Å². The van der Waals surface area contributed by atoms with Gasteiger partial charge in [-0.25, -0.2) is 4.79 Å². The van der Waals surface area contributed by atoms with Gasteiger partial charge in [0.2, 0.25) is 11.8 Å². The molecule has 8 nitrogen and oxygen atoms in total. The number of amides is 3. The molecule has 3 amide bonds. The third kappa shape index (κ3) is 4.60. The summed E-state index contributed by atoms with van der Waals surface area (Å²) in [6, 6.07) is 12.2. The lowest BCUT2D eigenvalue weighted by molar-refractivity contribution is -0.124. The molecule has 0 aromatic heterocycles. The van der Waals surface area contributed by atoms with Crippen LogP contribution in [0.5, 0.6) is 0 Å². The Morgan fingerprint density at radius 1 is 0.900 bits per heavy atom. The van der Waals surface area contributed by atoms with Crippen LogP contribution in [0.4, 0.5) is 11.4 Å². The molecule has 0 unspecified atom stereocenters. The predicted octanol–water partition coefficient (Wildman–Crippen LogP) is 2.73. The highest BCUT2D eigenvalue weighted by molar-refractivity contribution is 6.19.